The van der Waals surface area contributed by atoms with Crippen molar-refractivity contribution in [1.29, 1.82) is 0 Å². The predicted molar refractivity (Wildman–Crippen MR) is 62.0 cm³/mol. The molecule has 17 heavy (non-hydrogen) atoms. The Morgan fingerprint density at radius 1 is 1.24 bits per heavy atom. The lowest BCUT2D eigenvalue weighted by Gasteiger charge is -2.05. The molecule has 1 aromatic carbocycles. The van der Waals surface area contributed by atoms with Crippen molar-refractivity contribution in [2.45, 2.75) is 13.3 Å². The van der Waals surface area contributed by atoms with Crippen LogP contribution in [0.4, 0.5) is 4.39 Å². The maximum atomic E-state index is 12.8. The molecule has 0 aliphatic carbocycles. The molecule has 0 fully saturated rings. The van der Waals surface area contributed by atoms with Crippen LogP contribution in [-0.2, 0) is 4.79 Å². The van der Waals surface area contributed by atoms with E-state index in [0.29, 0.717) is 25.1 Å². The third kappa shape index (κ3) is 5.10. The summed E-state index contributed by atoms with van der Waals surface area (Å²) in [6.45, 7) is 2.39. The Balaban J connectivity index is 2.28. The van der Waals surface area contributed by atoms with Gasteiger partial charge in [0.25, 0.3) is 5.91 Å². The molecule has 0 saturated carbocycles. The summed E-state index contributed by atoms with van der Waals surface area (Å²) < 4.78 is 12.8. The first kappa shape index (κ1) is 13.2. The van der Waals surface area contributed by atoms with Crippen molar-refractivity contribution in [2.75, 3.05) is 13.1 Å². The van der Waals surface area contributed by atoms with Gasteiger partial charge in [-0.15, -0.1) is 0 Å². The van der Waals surface area contributed by atoms with Gasteiger partial charge in [0.15, 0.2) is 0 Å². The number of nitrogens with one attached hydrogen (secondary N) is 2. The number of carbonyl (C=O) groups is 2. The number of amides is 2. The van der Waals surface area contributed by atoms with E-state index in [1.165, 1.54) is 25.1 Å². The van der Waals surface area contributed by atoms with E-state index in [4.69, 9.17) is 0 Å². The van der Waals surface area contributed by atoms with Gasteiger partial charge in [0.2, 0.25) is 5.91 Å². The standard InChI is InChI=1S/C12H15FN2O2/c1-9(16)14-6-3-7-15-12(17)10-4-2-5-11(13)8-10/h2,4-5,8H,3,6-7H2,1H3,(H,14,16)(H,15,17). The van der Waals surface area contributed by atoms with Crippen molar-refractivity contribution in [3.8, 4) is 0 Å². The second-order valence-electron chi connectivity index (χ2n) is 3.60. The predicted octanol–water partition coefficient (Wildman–Crippen LogP) is 1.08. The Morgan fingerprint density at radius 3 is 2.59 bits per heavy atom. The summed E-state index contributed by atoms with van der Waals surface area (Å²) >= 11 is 0. The zero-order valence-electron chi connectivity index (χ0n) is 9.63. The normalized spacial score (nSPS) is 9.76. The summed E-state index contributed by atoms with van der Waals surface area (Å²) in [5.74, 6) is -0.843. The quantitative estimate of drug-likeness (QED) is 0.754. The van der Waals surface area contributed by atoms with Gasteiger partial charge in [-0.25, -0.2) is 4.39 Å². The van der Waals surface area contributed by atoms with Crippen molar-refractivity contribution >= 4 is 11.8 Å². The first-order valence-electron chi connectivity index (χ1n) is 5.38. The Labute approximate surface area is 99.2 Å². The molecule has 2 amide bonds. The summed E-state index contributed by atoms with van der Waals surface area (Å²) in [7, 11) is 0. The molecule has 4 nitrogen and oxygen atoms in total. The molecule has 1 aromatic rings. The highest BCUT2D eigenvalue weighted by atomic mass is 19.1. The molecule has 2 N–H and O–H groups in total. The van der Waals surface area contributed by atoms with Crippen molar-refractivity contribution in [3.05, 3.63) is 35.6 Å². The largest absolute Gasteiger partial charge is 0.356 e. The highest BCUT2D eigenvalue weighted by Crippen LogP contribution is 2.02. The molecular formula is C12H15FN2O2. The smallest absolute Gasteiger partial charge is 0.251 e. The van der Waals surface area contributed by atoms with E-state index in [0.717, 1.165) is 0 Å². The summed E-state index contributed by atoms with van der Waals surface area (Å²) in [6.07, 6.45) is 0.640. The van der Waals surface area contributed by atoms with Crippen LogP contribution >= 0.6 is 0 Å². The van der Waals surface area contributed by atoms with Crippen LogP contribution in [0.1, 0.15) is 23.7 Å². The van der Waals surface area contributed by atoms with Crippen molar-refractivity contribution in [1.82, 2.24) is 10.6 Å². The Bertz CT molecular complexity index is 407. The summed E-state index contributed by atoms with van der Waals surface area (Å²) in [4.78, 5) is 22.1. The molecule has 0 aliphatic heterocycles. The van der Waals surface area contributed by atoms with Gasteiger partial charge in [-0.05, 0) is 24.6 Å². The van der Waals surface area contributed by atoms with Gasteiger partial charge in [-0.2, -0.15) is 0 Å². The van der Waals surface area contributed by atoms with E-state index < -0.39 is 5.82 Å². The number of benzene rings is 1. The van der Waals surface area contributed by atoms with Crippen molar-refractivity contribution in [2.24, 2.45) is 0 Å². The first-order chi connectivity index (χ1) is 8.09. The molecule has 0 atom stereocenters. The zero-order valence-corrected chi connectivity index (χ0v) is 9.63. The maximum absolute atomic E-state index is 12.8. The van der Waals surface area contributed by atoms with Crippen LogP contribution in [0.5, 0.6) is 0 Å². The number of carbonyl (C=O) groups excluding carboxylic acids is 2. The highest BCUT2D eigenvalue weighted by molar-refractivity contribution is 5.94. The van der Waals surface area contributed by atoms with Crippen LogP contribution < -0.4 is 10.6 Å². The third-order valence-corrected chi connectivity index (χ3v) is 2.10. The molecule has 0 saturated heterocycles. The number of hydrogen-bond acceptors (Lipinski definition) is 2. The van der Waals surface area contributed by atoms with Gasteiger partial charge in [-0.1, -0.05) is 6.07 Å². The molecule has 0 aliphatic rings. The van der Waals surface area contributed by atoms with E-state index in [-0.39, 0.29) is 11.8 Å². The maximum Gasteiger partial charge on any atom is 0.251 e. The lowest BCUT2D eigenvalue weighted by atomic mass is 10.2. The fourth-order valence-corrected chi connectivity index (χ4v) is 1.29. The van der Waals surface area contributed by atoms with Crippen LogP contribution in [0.15, 0.2) is 24.3 Å². The molecule has 0 spiro atoms. The molecule has 0 bridgehead atoms. The van der Waals surface area contributed by atoms with E-state index in [1.807, 2.05) is 0 Å². The van der Waals surface area contributed by atoms with E-state index in [9.17, 15) is 14.0 Å². The minimum Gasteiger partial charge on any atom is -0.356 e. The summed E-state index contributed by atoms with van der Waals surface area (Å²) in [5, 5.41) is 5.26. The molecule has 92 valence electrons. The molecule has 0 aromatic heterocycles. The van der Waals surface area contributed by atoms with E-state index in [2.05, 4.69) is 10.6 Å². The minimum atomic E-state index is -0.434. The van der Waals surface area contributed by atoms with Gasteiger partial charge in [0.05, 0.1) is 0 Å². The molecular weight excluding hydrogens is 223 g/mol. The summed E-state index contributed by atoms with van der Waals surface area (Å²) in [6, 6.07) is 5.50. The SMILES string of the molecule is CC(=O)NCCCNC(=O)c1cccc(F)c1. The zero-order chi connectivity index (χ0) is 12.7. The van der Waals surface area contributed by atoms with Crippen LogP contribution in [0.3, 0.4) is 0 Å². The van der Waals surface area contributed by atoms with Crippen molar-refractivity contribution < 1.29 is 14.0 Å². The molecule has 0 radical (unpaired) electrons. The Morgan fingerprint density at radius 2 is 1.94 bits per heavy atom. The fraction of sp³-hybridized carbons (Fsp3) is 0.333. The number of rotatable bonds is 5. The first-order valence-corrected chi connectivity index (χ1v) is 5.38. The van der Waals surface area contributed by atoms with Crippen LogP contribution in [0.25, 0.3) is 0 Å². The molecule has 5 heteroatoms. The second kappa shape index (κ2) is 6.62. The Kier molecular flexibility index (Phi) is 5.13. The summed E-state index contributed by atoms with van der Waals surface area (Å²) in [5.41, 5.74) is 0.296. The second-order valence-corrected chi connectivity index (χ2v) is 3.60. The Hall–Kier alpha value is -1.91. The van der Waals surface area contributed by atoms with E-state index in [1.54, 1.807) is 6.07 Å². The topological polar surface area (TPSA) is 58.2 Å². The average Bonchev–Trinajstić information content (AvgIpc) is 2.28. The lowest BCUT2D eigenvalue weighted by Crippen LogP contribution is -2.28. The lowest BCUT2D eigenvalue weighted by molar-refractivity contribution is -0.118. The number of halogens is 1. The van der Waals surface area contributed by atoms with Gasteiger partial charge < -0.3 is 10.6 Å². The number of hydrogen-bond donors (Lipinski definition) is 2. The molecule has 1 rings (SSSR count). The highest BCUT2D eigenvalue weighted by Gasteiger charge is 2.04. The average molecular weight is 238 g/mol. The van der Waals surface area contributed by atoms with Crippen molar-refractivity contribution in [3.63, 3.8) is 0 Å². The van der Waals surface area contributed by atoms with Gasteiger partial charge >= 0.3 is 0 Å². The fourth-order valence-electron chi connectivity index (χ4n) is 1.29. The van der Waals surface area contributed by atoms with Crippen LogP contribution in [-0.4, -0.2) is 24.9 Å². The van der Waals surface area contributed by atoms with Crippen LogP contribution in [0, 0.1) is 5.82 Å². The molecule has 0 unspecified atom stereocenters. The molecule has 0 heterocycles. The van der Waals surface area contributed by atoms with Crippen LogP contribution in [0.2, 0.25) is 0 Å². The van der Waals surface area contributed by atoms with Gasteiger partial charge in [0, 0.05) is 25.6 Å². The van der Waals surface area contributed by atoms with Gasteiger partial charge in [0.1, 0.15) is 5.82 Å². The minimum absolute atomic E-state index is 0.0959. The monoisotopic (exact) mass is 238 g/mol. The van der Waals surface area contributed by atoms with Gasteiger partial charge in [-0.3, -0.25) is 9.59 Å². The van der Waals surface area contributed by atoms with E-state index >= 15 is 0 Å². The third-order valence-electron chi connectivity index (χ3n) is 2.10.